The van der Waals surface area contributed by atoms with E-state index in [1.807, 2.05) is 29.6 Å². The van der Waals surface area contributed by atoms with Crippen LogP contribution in [0.25, 0.3) is 0 Å². The Labute approximate surface area is 145 Å². The van der Waals surface area contributed by atoms with Crippen molar-refractivity contribution in [1.29, 1.82) is 0 Å². The molecule has 0 aromatic carbocycles. The first-order valence-corrected chi connectivity index (χ1v) is 8.99. The summed E-state index contributed by atoms with van der Waals surface area (Å²) >= 11 is 1.58. The molecule has 3 rings (SSSR count). The van der Waals surface area contributed by atoms with E-state index in [9.17, 15) is 9.59 Å². The SMILES string of the molecule is CN(Cc1cccnc1)C(=O)[C@H]1CCCN1C(=O)Cc1cccs1. The van der Waals surface area contributed by atoms with Gasteiger partial charge in [0.2, 0.25) is 11.8 Å². The summed E-state index contributed by atoms with van der Waals surface area (Å²) < 4.78 is 0. The first-order valence-electron chi connectivity index (χ1n) is 8.11. The lowest BCUT2D eigenvalue weighted by Gasteiger charge is -2.28. The fourth-order valence-corrected chi connectivity index (χ4v) is 3.78. The average molecular weight is 343 g/mol. The second-order valence-corrected chi connectivity index (χ2v) is 7.09. The van der Waals surface area contributed by atoms with Crippen LogP contribution in [0.3, 0.4) is 0 Å². The van der Waals surface area contributed by atoms with Crippen molar-refractivity contribution >= 4 is 23.2 Å². The summed E-state index contributed by atoms with van der Waals surface area (Å²) in [4.78, 5) is 33.9. The van der Waals surface area contributed by atoms with E-state index in [-0.39, 0.29) is 17.9 Å². The quantitative estimate of drug-likeness (QED) is 0.837. The highest BCUT2D eigenvalue weighted by atomic mass is 32.1. The molecule has 6 heteroatoms. The molecular formula is C18H21N3O2S. The van der Waals surface area contributed by atoms with Crippen molar-refractivity contribution in [3.05, 3.63) is 52.5 Å². The van der Waals surface area contributed by atoms with E-state index in [0.717, 1.165) is 23.3 Å². The zero-order valence-electron chi connectivity index (χ0n) is 13.7. The van der Waals surface area contributed by atoms with Gasteiger partial charge in [-0.05, 0) is 35.9 Å². The maximum atomic E-state index is 12.8. The highest BCUT2D eigenvalue weighted by molar-refractivity contribution is 7.10. The highest BCUT2D eigenvalue weighted by Gasteiger charge is 2.35. The van der Waals surface area contributed by atoms with Gasteiger partial charge in [-0.15, -0.1) is 11.3 Å². The molecular weight excluding hydrogens is 322 g/mol. The molecule has 0 aliphatic carbocycles. The lowest BCUT2D eigenvalue weighted by molar-refractivity contribution is -0.143. The number of aromatic nitrogens is 1. The zero-order valence-corrected chi connectivity index (χ0v) is 14.5. The molecule has 1 aliphatic rings. The Morgan fingerprint density at radius 3 is 2.96 bits per heavy atom. The van der Waals surface area contributed by atoms with E-state index in [1.54, 1.807) is 40.6 Å². The topological polar surface area (TPSA) is 53.5 Å². The van der Waals surface area contributed by atoms with Crippen LogP contribution in [0.5, 0.6) is 0 Å². The van der Waals surface area contributed by atoms with E-state index in [4.69, 9.17) is 0 Å². The van der Waals surface area contributed by atoms with Crippen molar-refractivity contribution in [1.82, 2.24) is 14.8 Å². The van der Waals surface area contributed by atoms with Crippen LogP contribution in [-0.2, 0) is 22.6 Å². The van der Waals surface area contributed by atoms with Gasteiger partial charge in [-0.25, -0.2) is 0 Å². The van der Waals surface area contributed by atoms with Gasteiger partial charge in [0.1, 0.15) is 6.04 Å². The first-order chi connectivity index (χ1) is 11.6. The first kappa shape index (κ1) is 16.6. The number of likely N-dealkylation sites (N-methyl/N-ethyl adjacent to an activating group) is 1. The minimum atomic E-state index is -0.334. The Balaban J connectivity index is 1.63. The number of rotatable bonds is 5. The van der Waals surface area contributed by atoms with Crippen LogP contribution >= 0.6 is 11.3 Å². The molecule has 0 unspecified atom stereocenters. The molecule has 0 saturated carbocycles. The van der Waals surface area contributed by atoms with Crippen LogP contribution < -0.4 is 0 Å². The molecule has 2 aromatic heterocycles. The number of carbonyl (C=O) groups excluding carboxylic acids is 2. The van der Waals surface area contributed by atoms with Crippen LogP contribution in [0.2, 0.25) is 0 Å². The summed E-state index contributed by atoms with van der Waals surface area (Å²) in [6, 6.07) is 7.38. The van der Waals surface area contributed by atoms with E-state index in [1.165, 1.54) is 0 Å². The van der Waals surface area contributed by atoms with Gasteiger partial charge >= 0.3 is 0 Å². The molecule has 126 valence electrons. The van der Waals surface area contributed by atoms with Crippen molar-refractivity contribution in [2.75, 3.05) is 13.6 Å². The van der Waals surface area contributed by atoms with Crippen molar-refractivity contribution < 1.29 is 9.59 Å². The average Bonchev–Trinajstić information content (AvgIpc) is 3.26. The van der Waals surface area contributed by atoms with Crippen molar-refractivity contribution in [2.45, 2.75) is 31.8 Å². The minimum absolute atomic E-state index is 0.0101. The predicted molar refractivity (Wildman–Crippen MR) is 93.5 cm³/mol. The molecule has 0 N–H and O–H groups in total. The highest BCUT2D eigenvalue weighted by Crippen LogP contribution is 2.22. The third-order valence-corrected chi connectivity index (χ3v) is 5.16. The Morgan fingerprint density at radius 2 is 2.25 bits per heavy atom. The largest absolute Gasteiger partial charge is 0.340 e. The van der Waals surface area contributed by atoms with Crippen LogP contribution in [-0.4, -0.2) is 46.2 Å². The van der Waals surface area contributed by atoms with Crippen molar-refractivity contribution in [3.63, 3.8) is 0 Å². The van der Waals surface area contributed by atoms with E-state index < -0.39 is 0 Å². The second-order valence-electron chi connectivity index (χ2n) is 6.06. The van der Waals surface area contributed by atoms with Gasteiger partial charge in [0.25, 0.3) is 0 Å². The summed E-state index contributed by atoms with van der Waals surface area (Å²) in [5.74, 6) is 0.0546. The number of likely N-dealkylation sites (tertiary alicyclic amines) is 1. The van der Waals surface area contributed by atoms with Gasteiger partial charge in [-0.2, -0.15) is 0 Å². The molecule has 2 amide bonds. The second kappa shape index (κ2) is 7.57. The van der Waals surface area contributed by atoms with Crippen LogP contribution in [0, 0.1) is 0 Å². The fourth-order valence-electron chi connectivity index (χ4n) is 3.08. The fraction of sp³-hybridized carbons (Fsp3) is 0.389. The number of thiophene rings is 1. The lowest BCUT2D eigenvalue weighted by atomic mass is 10.1. The summed E-state index contributed by atoms with van der Waals surface area (Å²) in [6.07, 6.45) is 5.49. The van der Waals surface area contributed by atoms with Gasteiger partial charge in [0.15, 0.2) is 0 Å². The monoisotopic (exact) mass is 343 g/mol. The Kier molecular flexibility index (Phi) is 5.25. The number of nitrogens with zero attached hydrogens (tertiary/aromatic N) is 3. The van der Waals surface area contributed by atoms with Gasteiger partial charge in [-0.1, -0.05) is 12.1 Å². The predicted octanol–water partition coefficient (Wildman–Crippen LogP) is 2.34. The summed E-state index contributed by atoms with van der Waals surface area (Å²) in [7, 11) is 1.79. The molecule has 1 aliphatic heterocycles. The van der Waals surface area contributed by atoms with E-state index >= 15 is 0 Å². The maximum absolute atomic E-state index is 12.8. The van der Waals surface area contributed by atoms with Crippen LogP contribution in [0.4, 0.5) is 0 Å². The van der Waals surface area contributed by atoms with Gasteiger partial charge < -0.3 is 9.80 Å². The number of hydrogen-bond donors (Lipinski definition) is 0. The Morgan fingerprint density at radius 1 is 1.38 bits per heavy atom. The van der Waals surface area contributed by atoms with Crippen molar-refractivity contribution in [2.24, 2.45) is 0 Å². The molecule has 3 heterocycles. The summed E-state index contributed by atoms with van der Waals surface area (Å²) in [6.45, 7) is 1.18. The molecule has 0 bridgehead atoms. The van der Waals surface area contributed by atoms with E-state index in [2.05, 4.69) is 4.98 Å². The van der Waals surface area contributed by atoms with Gasteiger partial charge in [-0.3, -0.25) is 14.6 Å². The molecule has 2 aromatic rings. The van der Waals surface area contributed by atoms with Crippen LogP contribution in [0.15, 0.2) is 42.0 Å². The van der Waals surface area contributed by atoms with Crippen molar-refractivity contribution in [3.8, 4) is 0 Å². The Bertz CT molecular complexity index is 688. The van der Waals surface area contributed by atoms with Crippen LogP contribution in [0.1, 0.15) is 23.3 Å². The zero-order chi connectivity index (χ0) is 16.9. The van der Waals surface area contributed by atoms with E-state index in [0.29, 0.717) is 19.5 Å². The number of pyridine rings is 1. The lowest BCUT2D eigenvalue weighted by Crippen LogP contribution is -2.46. The maximum Gasteiger partial charge on any atom is 0.245 e. The summed E-state index contributed by atoms with van der Waals surface area (Å²) in [5.41, 5.74) is 0.989. The normalized spacial score (nSPS) is 17.0. The summed E-state index contributed by atoms with van der Waals surface area (Å²) in [5, 5.41) is 1.97. The molecule has 5 nitrogen and oxygen atoms in total. The Hall–Kier alpha value is -2.21. The number of amides is 2. The van der Waals surface area contributed by atoms with Gasteiger partial charge in [0.05, 0.1) is 6.42 Å². The molecule has 24 heavy (non-hydrogen) atoms. The third kappa shape index (κ3) is 3.82. The minimum Gasteiger partial charge on any atom is -0.340 e. The van der Waals surface area contributed by atoms with Gasteiger partial charge in [0, 0.05) is 37.4 Å². The molecule has 1 saturated heterocycles. The third-order valence-electron chi connectivity index (χ3n) is 4.28. The molecule has 0 radical (unpaired) electrons. The standard InChI is InChI=1S/C18H21N3O2S/c1-20(13-14-5-2-8-19-12-14)18(23)16-7-3-9-21(16)17(22)11-15-6-4-10-24-15/h2,4-6,8,10,12,16H,3,7,9,11,13H2,1H3/t16-/m1/s1. The molecule has 1 fully saturated rings. The molecule has 0 spiro atoms. The number of carbonyl (C=O) groups is 2. The smallest absolute Gasteiger partial charge is 0.245 e. The number of hydrogen-bond acceptors (Lipinski definition) is 4. The molecule has 1 atom stereocenters.